The van der Waals surface area contributed by atoms with Crippen LogP contribution in [0.3, 0.4) is 0 Å². The lowest BCUT2D eigenvalue weighted by atomic mass is 10.1. The summed E-state index contributed by atoms with van der Waals surface area (Å²) in [6, 6.07) is 16.3. The third-order valence-corrected chi connectivity index (χ3v) is 5.55. The Morgan fingerprint density at radius 2 is 1.45 bits per heavy atom. The Kier molecular flexibility index (Phi) is 10.4. The van der Waals surface area contributed by atoms with Gasteiger partial charge in [0.25, 0.3) is 11.8 Å². The minimum atomic E-state index is -0.276. The van der Waals surface area contributed by atoms with Gasteiger partial charge in [-0.3, -0.25) is 19.7 Å². The first-order chi connectivity index (χ1) is 16.1. The number of hydrogen-bond acceptors (Lipinski definition) is 5. The van der Waals surface area contributed by atoms with Crippen molar-refractivity contribution in [2.24, 2.45) is 0 Å². The Morgan fingerprint density at radius 3 is 2.06 bits per heavy atom. The summed E-state index contributed by atoms with van der Waals surface area (Å²) in [6.07, 6.45) is 0.816. The van der Waals surface area contributed by atoms with Crippen molar-refractivity contribution in [3.63, 3.8) is 0 Å². The number of amides is 2. The van der Waals surface area contributed by atoms with E-state index in [1.54, 1.807) is 29.2 Å². The molecular weight excluding hydrogens is 434 g/mol. The second-order valence-electron chi connectivity index (χ2n) is 6.77. The smallest absolute Gasteiger partial charge is 0.257 e. The van der Waals surface area contributed by atoms with Crippen molar-refractivity contribution in [2.45, 2.75) is 40.5 Å². The summed E-state index contributed by atoms with van der Waals surface area (Å²) < 4.78 is 0. The maximum Gasteiger partial charge on any atom is 0.257 e. The molecule has 2 amide bonds. The van der Waals surface area contributed by atoms with Crippen molar-refractivity contribution in [1.82, 2.24) is 9.88 Å². The van der Waals surface area contributed by atoms with Crippen molar-refractivity contribution in [3.8, 4) is 11.3 Å². The predicted molar refractivity (Wildman–Crippen MR) is 135 cm³/mol. The summed E-state index contributed by atoms with van der Waals surface area (Å²) in [4.78, 5) is 42.5. The molecule has 0 saturated carbocycles. The van der Waals surface area contributed by atoms with Gasteiger partial charge in [0.05, 0.1) is 5.69 Å². The lowest BCUT2D eigenvalue weighted by molar-refractivity contribution is -0.120. The summed E-state index contributed by atoms with van der Waals surface area (Å²) in [5, 5.41) is 5.22. The Bertz CT molecular complexity index is 1040. The summed E-state index contributed by atoms with van der Waals surface area (Å²) in [5.41, 5.74) is 2.77. The summed E-state index contributed by atoms with van der Waals surface area (Å²) in [5.74, 6) is -0.197. The molecule has 0 aliphatic carbocycles. The van der Waals surface area contributed by atoms with Crippen molar-refractivity contribution < 1.29 is 14.4 Å². The van der Waals surface area contributed by atoms with Crippen molar-refractivity contribution in [1.29, 1.82) is 0 Å². The number of aromatic nitrogens is 1. The zero-order chi connectivity index (χ0) is 24.2. The van der Waals surface area contributed by atoms with Gasteiger partial charge in [0.1, 0.15) is 5.78 Å². The topological polar surface area (TPSA) is 79.4 Å². The van der Waals surface area contributed by atoms with Gasteiger partial charge in [-0.2, -0.15) is 0 Å². The van der Waals surface area contributed by atoms with Crippen LogP contribution in [0.25, 0.3) is 11.3 Å². The molecule has 3 aromatic rings. The minimum Gasteiger partial charge on any atom is -0.338 e. The highest BCUT2D eigenvalue weighted by Gasteiger charge is 2.22. The highest BCUT2D eigenvalue weighted by atomic mass is 32.1. The molecule has 174 valence electrons. The van der Waals surface area contributed by atoms with Crippen LogP contribution in [0.1, 0.15) is 61.3 Å². The summed E-state index contributed by atoms with van der Waals surface area (Å²) in [6.45, 7) is 8.90. The largest absolute Gasteiger partial charge is 0.338 e. The maximum absolute atomic E-state index is 12.5. The molecule has 1 saturated heterocycles. The Balaban J connectivity index is 0.000000914. The Morgan fingerprint density at radius 1 is 0.879 bits per heavy atom. The van der Waals surface area contributed by atoms with Crippen LogP contribution >= 0.6 is 11.3 Å². The van der Waals surface area contributed by atoms with Crippen LogP contribution in [-0.4, -0.2) is 40.6 Å². The fourth-order valence-electron chi connectivity index (χ4n) is 3.15. The van der Waals surface area contributed by atoms with Crippen LogP contribution in [0.15, 0.2) is 60.0 Å². The van der Waals surface area contributed by atoms with Crippen LogP contribution in [0.5, 0.6) is 0 Å². The number of nitrogens with zero attached hydrogens (tertiary/aromatic N) is 2. The number of carbonyl (C=O) groups is 3. The molecule has 0 atom stereocenters. The maximum atomic E-state index is 12.5. The Hall–Kier alpha value is -3.32. The fourth-order valence-corrected chi connectivity index (χ4v) is 3.86. The van der Waals surface area contributed by atoms with Crippen LogP contribution < -0.4 is 5.32 Å². The molecule has 2 aromatic carbocycles. The quantitative estimate of drug-likeness (QED) is 0.519. The highest BCUT2D eigenvalue weighted by Crippen LogP contribution is 2.25. The van der Waals surface area contributed by atoms with E-state index in [9.17, 15) is 14.4 Å². The number of ketones is 1. The van der Waals surface area contributed by atoms with Gasteiger partial charge in [0, 0.05) is 48.0 Å². The van der Waals surface area contributed by atoms with Gasteiger partial charge in [0.2, 0.25) is 0 Å². The first-order valence-electron chi connectivity index (χ1n) is 11.3. The van der Waals surface area contributed by atoms with Crippen molar-refractivity contribution in [3.05, 3.63) is 71.1 Å². The van der Waals surface area contributed by atoms with Crippen molar-refractivity contribution >= 4 is 34.1 Å². The van der Waals surface area contributed by atoms with E-state index < -0.39 is 0 Å². The standard InChI is InChI=1S/C22H19N3O3S.2C2H6/c26-18-10-12-25(13-11-18)21(28)17-8-6-16(7-9-17)20(27)24-22-23-19(14-29-22)15-4-2-1-3-5-15;2*1-2/h1-9,14H,10-13H2,(H,23,24,27);2*1-2H3. The molecule has 7 heteroatoms. The molecule has 1 aliphatic heterocycles. The van der Waals surface area contributed by atoms with Gasteiger partial charge >= 0.3 is 0 Å². The van der Waals surface area contributed by atoms with E-state index in [0.717, 1.165) is 11.3 Å². The number of rotatable bonds is 4. The number of anilines is 1. The number of piperidine rings is 1. The van der Waals surface area contributed by atoms with Crippen LogP contribution in [0.4, 0.5) is 5.13 Å². The molecule has 1 aliphatic rings. The van der Waals surface area contributed by atoms with Crippen LogP contribution in [0.2, 0.25) is 0 Å². The molecule has 1 N–H and O–H groups in total. The molecule has 0 unspecified atom stereocenters. The molecular formula is C26H31N3O3S. The fraction of sp³-hybridized carbons (Fsp3) is 0.308. The van der Waals surface area contributed by atoms with Gasteiger partial charge in [-0.05, 0) is 24.3 Å². The lowest BCUT2D eigenvalue weighted by Crippen LogP contribution is -2.38. The predicted octanol–water partition coefficient (Wildman–Crippen LogP) is 5.92. The van der Waals surface area contributed by atoms with E-state index >= 15 is 0 Å². The molecule has 0 bridgehead atoms. The molecule has 2 heterocycles. The van der Waals surface area contributed by atoms with E-state index in [4.69, 9.17) is 0 Å². The molecule has 6 nitrogen and oxygen atoms in total. The summed E-state index contributed by atoms with van der Waals surface area (Å²) in [7, 11) is 0. The molecule has 0 spiro atoms. The van der Waals surface area contributed by atoms with Gasteiger partial charge < -0.3 is 4.90 Å². The van der Waals surface area contributed by atoms with Crippen molar-refractivity contribution in [2.75, 3.05) is 18.4 Å². The average Bonchev–Trinajstić information content (AvgIpc) is 3.35. The third-order valence-electron chi connectivity index (χ3n) is 4.80. The number of thiazole rings is 1. The van der Waals surface area contributed by atoms with E-state index in [1.807, 2.05) is 63.4 Å². The van der Waals surface area contributed by atoms with Gasteiger partial charge in [-0.15, -0.1) is 11.3 Å². The first kappa shape index (κ1) is 25.9. The second-order valence-corrected chi connectivity index (χ2v) is 7.62. The zero-order valence-electron chi connectivity index (χ0n) is 19.6. The van der Waals surface area contributed by atoms with E-state index in [2.05, 4.69) is 10.3 Å². The van der Waals surface area contributed by atoms with Gasteiger partial charge in [0.15, 0.2) is 5.13 Å². The van der Waals surface area contributed by atoms with Crippen LogP contribution in [-0.2, 0) is 4.79 Å². The van der Waals surface area contributed by atoms with Gasteiger partial charge in [-0.1, -0.05) is 58.0 Å². The Labute approximate surface area is 199 Å². The average molecular weight is 466 g/mol. The lowest BCUT2D eigenvalue weighted by Gasteiger charge is -2.26. The second kappa shape index (κ2) is 13.3. The SMILES string of the molecule is CC.CC.O=C1CCN(C(=O)c2ccc(C(=O)Nc3nc(-c4ccccc4)cs3)cc2)CC1. The first-order valence-corrected chi connectivity index (χ1v) is 12.2. The molecule has 0 radical (unpaired) electrons. The van der Waals surface area contributed by atoms with E-state index in [0.29, 0.717) is 42.2 Å². The highest BCUT2D eigenvalue weighted by molar-refractivity contribution is 7.14. The van der Waals surface area contributed by atoms with E-state index in [-0.39, 0.29) is 17.6 Å². The molecule has 33 heavy (non-hydrogen) atoms. The number of benzene rings is 2. The van der Waals surface area contributed by atoms with E-state index in [1.165, 1.54) is 11.3 Å². The van der Waals surface area contributed by atoms with Crippen LogP contribution in [0, 0.1) is 0 Å². The third kappa shape index (κ3) is 7.08. The minimum absolute atomic E-state index is 0.114. The van der Waals surface area contributed by atoms with Gasteiger partial charge in [-0.25, -0.2) is 4.98 Å². The molecule has 1 aromatic heterocycles. The normalized spacial score (nSPS) is 12.6. The number of hydrogen-bond donors (Lipinski definition) is 1. The molecule has 1 fully saturated rings. The molecule has 4 rings (SSSR count). The number of likely N-dealkylation sites (tertiary alicyclic amines) is 1. The number of carbonyl (C=O) groups excluding carboxylic acids is 3. The monoisotopic (exact) mass is 465 g/mol. The number of nitrogens with one attached hydrogen (secondary N) is 1. The number of Topliss-reactive ketones (excluding diaryl/α,β-unsaturated/α-hetero) is 1. The summed E-state index contributed by atoms with van der Waals surface area (Å²) >= 11 is 1.36. The zero-order valence-corrected chi connectivity index (χ0v) is 20.4.